The molecule has 1 aromatic heterocycles. The van der Waals surface area contributed by atoms with Crippen molar-refractivity contribution in [2.45, 2.75) is 58.7 Å². The van der Waals surface area contributed by atoms with Gasteiger partial charge in [-0.05, 0) is 74.8 Å². The van der Waals surface area contributed by atoms with Crippen molar-refractivity contribution in [1.82, 2.24) is 14.4 Å². The van der Waals surface area contributed by atoms with Gasteiger partial charge in [-0.1, -0.05) is 38.6 Å². The summed E-state index contributed by atoms with van der Waals surface area (Å²) in [7, 11) is 3.92. The molecular formula is C37H39F3N4O3. The van der Waals surface area contributed by atoms with Crippen LogP contribution in [0.1, 0.15) is 48.9 Å². The molecule has 0 radical (unpaired) electrons. The van der Waals surface area contributed by atoms with Gasteiger partial charge in [0.1, 0.15) is 17.4 Å². The molecule has 2 aliphatic heterocycles. The van der Waals surface area contributed by atoms with Crippen LogP contribution >= 0.6 is 0 Å². The van der Waals surface area contributed by atoms with E-state index in [4.69, 9.17) is 0 Å². The van der Waals surface area contributed by atoms with Crippen molar-refractivity contribution in [3.63, 3.8) is 0 Å². The lowest BCUT2D eigenvalue weighted by Gasteiger charge is -2.43. The van der Waals surface area contributed by atoms with Crippen LogP contribution in [0.3, 0.4) is 0 Å². The number of carbonyl (C=O) groups excluding carboxylic acids is 1. The van der Waals surface area contributed by atoms with Crippen molar-refractivity contribution in [2.24, 2.45) is 0 Å². The van der Waals surface area contributed by atoms with Crippen molar-refractivity contribution in [3.8, 4) is 22.6 Å². The van der Waals surface area contributed by atoms with Crippen LogP contribution in [0.15, 0.2) is 53.8 Å². The number of hydrogen-bond donors (Lipinski definition) is 1. The van der Waals surface area contributed by atoms with E-state index in [2.05, 4.69) is 6.58 Å². The van der Waals surface area contributed by atoms with Gasteiger partial charge in [0, 0.05) is 43.0 Å². The van der Waals surface area contributed by atoms with Crippen LogP contribution in [0.2, 0.25) is 0 Å². The molecule has 7 nitrogen and oxygen atoms in total. The molecule has 1 fully saturated rings. The predicted molar refractivity (Wildman–Crippen MR) is 179 cm³/mol. The first-order valence-electron chi connectivity index (χ1n) is 15.8. The zero-order chi connectivity index (χ0) is 34.1. The fourth-order valence-corrected chi connectivity index (χ4v) is 7.46. The summed E-state index contributed by atoms with van der Waals surface area (Å²) in [6.07, 6.45) is 1.53. The number of halogens is 3. The third-order valence-electron chi connectivity index (χ3n) is 9.42. The number of phenolic OH excluding ortho intramolecular Hbond substituents is 1. The van der Waals surface area contributed by atoms with Crippen molar-refractivity contribution in [1.29, 1.82) is 0 Å². The average molecular weight is 645 g/mol. The summed E-state index contributed by atoms with van der Waals surface area (Å²) in [6, 6.07) is 7.99. The Morgan fingerprint density at radius 3 is 2.45 bits per heavy atom. The number of benzene rings is 3. The van der Waals surface area contributed by atoms with Crippen LogP contribution in [0.5, 0.6) is 5.75 Å². The molecule has 47 heavy (non-hydrogen) atoms. The first-order chi connectivity index (χ1) is 22.2. The number of aryl methyl sites for hydroxylation is 1. The second-order valence-electron chi connectivity index (χ2n) is 13.3. The number of phenols is 1. The van der Waals surface area contributed by atoms with E-state index in [0.29, 0.717) is 36.6 Å². The van der Waals surface area contributed by atoms with Gasteiger partial charge < -0.3 is 19.8 Å². The first-order valence-corrected chi connectivity index (χ1v) is 15.8. The van der Waals surface area contributed by atoms with E-state index >= 15 is 13.2 Å². The van der Waals surface area contributed by atoms with E-state index in [-0.39, 0.29) is 41.2 Å². The van der Waals surface area contributed by atoms with Crippen LogP contribution in [0.4, 0.5) is 18.9 Å². The van der Waals surface area contributed by atoms with Gasteiger partial charge in [-0.25, -0.2) is 13.2 Å². The fourth-order valence-electron chi connectivity index (χ4n) is 7.46. The Labute approximate surface area is 272 Å². The molecule has 3 aromatic carbocycles. The Morgan fingerprint density at radius 1 is 1.09 bits per heavy atom. The number of rotatable bonds is 6. The number of amides is 1. The Hall–Kier alpha value is -4.57. The van der Waals surface area contributed by atoms with Crippen LogP contribution in [0, 0.1) is 24.4 Å². The maximum absolute atomic E-state index is 17.2. The zero-order valence-corrected chi connectivity index (χ0v) is 27.5. The van der Waals surface area contributed by atoms with Gasteiger partial charge in [-0.2, -0.15) is 0 Å². The molecule has 2 aliphatic rings. The highest BCUT2D eigenvalue weighted by atomic mass is 19.1. The van der Waals surface area contributed by atoms with Gasteiger partial charge in [0.15, 0.2) is 5.82 Å². The van der Waals surface area contributed by atoms with Crippen LogP contribution in [-0.4, -0.2) is 64.6 Å². The van der Waals surface area contributed by atoms with E-state index in [9.17, 15) is 14.7 Å². The number of anilines is 1. The lowest BCUT2D eigenvalue weighted by atomic mass is 9.93. The first kappa shape index (κ1) is 32.4. The van der Waals surface area contributed by atoms with Gasteiger partial charge in [-0.3, -0.25) is 14.2 Å². The SMILES string of the molecule is C=CC(=O)N1CC2Cc3c(c4cc(F)c(-c5c(O)cccc5F)c(F)c4n(-c4c(C)cc(CN(C)C)cc4C(C)C)c3=O)N2CC1C. The highest BCUT2D eigenvalue weighted by Crippen LogP contribution is 2.45. The summed E-state index contributed by atoms with van der Waals surface area (Å²) in [4.78, 5) is 33.2. The number of piperazine rings is 1. The predicted octanol–water partition coefficient (Wildman–Crippen LogP) is 6.42. The minimum Gasteiger partial charge on any atom is -0.507 e. The molecule has 246 valence electrons. The van der Waals surface area contributed by atoms with Crippen LogP contribution in [0.25, 0.3) is 27.7 Å². The number of hydrogen-bond acceptors (Lipinski definition) is 5. The van der Waals surface area contributed by atoms with Crippen LogP contribution in [-0.2, 0) is 17.8 Å². The van der Waals surface area contributed by atoms with Gasteiger partial charge >= 0.3 is 0 Å². The summed E-state index contributed by atoms with van der Waals surface area (Å²) < 4.78 is 50.0. The van der Waals surface area contributed by atoms with E-state index < -0.39 is 39.9 Å². The Morgan fingerprint density at radius 2 is 1.81 bits per heavy atom. The maximum Gasteiger partial charge on any atom is 0.261 e. The number of nitrogens with zero attached hydrogens (tertiary/aromatic N) is 4. The highest BCUT2D eigenvalue weighted by Gasteiger charge is 2.42. The average Bonchev–Trinajstić information content (AvgIpc) is 3.37. The summed E-state index contributed by atoms with van der Waals surface area (Å²) in [5, 5.41) is 10.8. The molecule has 10 heteroatoms. The molecule has 1 amide bonds. The molecule has 2 unspecified atom stereocenters. The summed E-state index contributed by atoms with van der Waals surface area (Å²) >= 11 is 0. The summed E-state index contributed by atoms with van der Waals surface area (Å²) in [6.45, 7) is 12.6. The minimum absolute atomic E-state index is 0.0785. The molecule has 0 bridgehead atoms. The smallest absolute Gasteiger partial charge is 0.261 e. The van der Waals surface area contributed by atoms with Gasteiger partial charge in [-0.15, -0.1) is 0 Å². The molecule has 0 spiro atoms. The third-order valence-corrected chi connectivity index (χ3v) is 9.42. The Kier molecular flexibility index (Phi) is 8.20. The summed E-state index contributed by atoms with van der Waals surface area (Å²) in [5.41, 5.74) is 1.81. The zero-order valence-electron chi connectivity index (χ0n) is 27.5. The molecule has 4 aromatic rings. The molecule has 0 saturated carbocycles. The van der Waals surface area contributed by atoms with E-state index in [1.165, 1.54) is 16.7 Å². The fraction of sp³-hybridized carbons (Fsp3) is 0.351. The number of fused-ring (bicyclic) bond motifs is 5. The lowest BCUT2D eigenvalue weighted by Crippen LogP contribution is -2.57. The topological polar surface area (TPSA) is 69.0 Å². The molecule has 2 atom stereocenters. The highest BCUT2D eigenvalue weighted by molar-refractivity contribution is 5.99. The van der Waals surface area contributed by atoms with Crippen LogP contribution < -0.4 is 10.5 Å². The molecule has 3 heterocycles. The molecular weight excluding hydrogens is 605 g/mol. The van der Waals surface area contributed by atoms with E-state index in [1.807, 2.05) is 63.7 Å². The number of pyridine rings is 1. The normalized spacial score (nSPS) is 17.5. The summed E-state index contributed by atoms with van der Waals surface area (Å²) in [5.74, 6) is -4.14. The van der Waals surface area contributed by atoms with Crippen molar-refractivity contribution in [3.05, 3.63) is 99.1 Å². The van der Waals surface area contributed by atoms with Crippen molar-refractivity contribution in [2.75, 3.05) is 32.1 Å². The molecule has 1 N–H and O–H groups in total. The maximum atomic E-state index is 17.2. The van der Waals surface area contributed by atoms with E-state index in [0.717, 1.165) is 34.9 Å². The largest absolute Gasteiger partial charge is 0.507 e. The minimum atomic E-state index is -1.15. The van der Waals surface area contributed by atoms with Gasteiger partial charge in [0.25, 0.3) is 5.56 Å². The van der Waals surface area contributed by atoms with Gasteiger partial charge in [0.05, 0.1) is 34.1 Å². The molecule has 0 aliphatic carbocycles. The Bertz CT molecular complexity index is 2000. The number of carbonyl (C=O) groups is 1. The standard InChI is InChI=1S/C37H39F3N4O3/c1-8-30(46)42-18-23-14-26-35(43(23)16-21(42)5)25-15-28(39)32(31-27(38)10-9-11-29(31)45)33(40)36(25)44(37(26)47)34-20(4)12-22(17-41(6)7)13-24(34)19(2)3/h8-13,15,19,21,23,45H,1,14,16-18H2,2-7H3. The monoisotopic (exact) mass is 644 g/mol. The second kappa shape index (κ2) is 11.9. The number of aromatic hydroxyl groups is 1. The quantitative estimate of drug-likeness (QED) is 0.246. The van der Waals surface area contributed by atoms with E-state index in [1.54, 1.807) is 4.90 Å². The lowest BCUT2D eigenvalue weighted by molar-refractivity contribution is -0.128. The van der Waals surface area contributed by atoms with Crippen molar-refractivity contribution >= 4 is 22.5 Å². The third kappa shape index (κ3) is 5.19. The molecule has 6 rings (SSSR count). The Balaban J connectivity index is 1.73. The molecule has 1 saturated heterocycles. The second-order valence-corrected chi connectivity index (χ2v) is 13.3. The van der Waals surface area contributed by atoms with Gasteiger partial charge in [0.2, 0.25) is 5.91 Å². The number of aromatic nitrogens is 1. The van der Waals surface area contributed by atoms with Crippen molar-refractivity contribution < 1.29 is 23.1 Å².